The van der Waals surface area contributed by atoms with Crippen LogP contribution in [0.4, 0.5) is 26.7 Å². The van der Waals surface area contributed by atoms with Crippen molar-refractivity contribution in [1.29, 1.82) is 0 Å². The first-order valence-corrected chi connectivity index (χ1v) is 16.3. The number of anilines is 3. The van der Waals surface area contributed by atoms with Crippen molar-refractivity contribution in [3.63, 3.8) is 0 Å². The highest BCUT2D eigenvalue weighted by atomic mass is 16.6. The van der Waals surface area contributed by atoms with Crippen LogP contribution in [-0.4, -0.2) is 79.2 Å². The summed E-state index contributed by atoms with van der Waals surface area (Å²) in [4.78, 5) is 51.0. The SMILES string of the molecule is CN1CCN(C(=O)Oc2cc3c(c4ccccc24)CCN3C(=O)c2cc3c4c(ccc3[nH]2)N(C(=O)OCc2ccc(N)cc2)CC4)CC1. The number of piperazine rings is 1. The summed E-state index contributed by atoms with van der Waals surface area (Å²) in [5.74, 6) is 0.286. The van der Waals surface area contributed by atoms with Gasteiger partial charge in [-0.25, -0.2) is 9.59 Å². The number of H-pyrrole nitrogens is 1. The predicted molar refractivity (Wildman–Crippen MR) is 185 cm³/mol. The second-order valence-corrected chi connectivity index (χ2v) is 12.7. The summed E-state index contributed by atoms with van der Waals surface area (Å²) in [5.41, 5.74) is 12.2. The highest BCUT2D eigenvalue weighted by molar-refractivity contribution is 6.12. The van der Waals surface area contributed by atoms with Crippen LogP contribution in [0, 0.1) is 0 Å². The number of ether oxygens (including phenoxy) is 2. The normalized spacial score (nSPS) is 16.0. The van der Waals surface area contributed by atoms with Crippen LogP contribution in [0.3, 0.4) is 0 Å². The maximum atomic E-state index is 14.1. The second-order valence-electron chi connectivity index (χ2n) is 12.7. The number of carbonyl (C=O) groups is 3. The Labute approximate surface area is 277 Å². The number of nitrogens with one attached hydrogen (secondary N) is 1. The van der Waals surface area contributed by atoms with Crippen LogP contribution < -0.4 is 20.3 Å². The van der Waals surface area contributed by atoms with E-state index in [-0.39, 0.29) is 18.6 Å². The number of aromatic nitrogens is 1. The zero-order valence-corrected chi connectivity index (χ0v) is 26.7. The molecular formula is C37H36N6O5. The average molecular weight is 645 g/mol. The Bertz CT molecular complexity index is 2080. The highest BCUT2D eigenvalue weighted by Crippen LogP contribution is 2.41. The lowest BCUT2D eigenvalue weighted by molar-refractivity contribution is 0.0985. The minimum Gasteiger partial charge on any atom is -0.444 e. The molecule has 0 unspecified atom stereocenters. The van der Waals surface area contributed by atoms with E-state index < -0.39 is 6.09 Å². The predicted octanol–water partition coefficient (Wildman–Crippen LogP) is 5.55. The van der Waals surface area contributed by atoms with E-state index in [1.165, 1.54) is 0 Å². The lowest BCUT2D eigenvalue weighted by Gasteiger charge is -2.31. The average Bonchev–Trinajstić information content (AvgIpc) is 3.85. The molecule has 1 saturated heterocycles. The van der Waals surface area contributed by atoms with Gasteiger partial charge < -0.3 is 34.9 Å². The maximum Gasteiger partial charge on any atom is 0.415 e. The van der Waals surface area contributed by atoms with Gasteiger partial charge in [-0.15, -0.1) is 0 Å². The minimum atomic E-state index is -0.415. The standard InChI is InChI=1S/C37H36N6O5/c1-40-16-18-41(19-17-40)36(45)48-34-21-33-26(25-4-2-3-5-28(25)34)12-14-42(33)35(44)31-20-29-27-13-15-43(32(27)11-10-30(29)39-31)37(46)47-22-23-6-8-24(38)9-7-23/h2-11,20-21,39H,12-19,22,38H2,1H3. The Morgan fingerprint density at radius 2 is 1.46 bits per heavy atom. The lowest BCUT2D eigenvalue weighted by atomic mass is 10.0. The van der Waals surface area contributed by atoms with E-state index in [0.29, 0.717) is 56.2 Å². The number of nitrogen functional groups attached to an aromatic ring is 1. The van der Waals surface area contributed by atoms with E-state index in [0.717, 1.165) is 62.8 Å². The van der Waals surface area contributed by atoms with Gasteiger partial charge in [0.05, 0.1) is 11.4 Å². The Kier molecular flexibility index (Phi) is 7.40. The maximum absolute atomic E-state index is 14.1. The van der Waals surface area contributed by atoms with Crippen molar-refractivity contribution >= 4 is 56.8 Å². The molecule has 8 rings (SSSR count). The van der Waals surface area contributed by atoms with Gasteiger partial charge in [0.2, 0.25) is 0 Å². The van der Waals surface area contributed by atoms with Crippen molar-refractivity contribution in [1.82, 2.24) is 14.8 Å². The van der Waals surface area contributed by atoms with Crippen molar-refractivity contribution in [2.24, 2.45) is 0 Å². The topological polar surface area (TPSA) is 124 Å². The van der Waals surface area contributed by atoms with Gasteiger partial charge in [0, 0.05) is 67.3 Å². The van der Waals surface area contributed by atoms with Crippen LogP contribution >= 0.6 is 0 Å². The van der Waals surface area contributed by atoms with E-state index in [1.54, 1.807) is 26.8 Å². The van der Waals surface area contributed by atoms with Crippen LogP contribution in [0.15, 0.2) is 72.8 Å². The number of benzene rings is 4. The van der Waals surface area contributed by atoms with Gasteiger partial charge in [-0.05, 0) is 72.3 Å². The molecular weight excluding hydrogens is 608 g/mol. The fraction of sp³-hybridized carbons (Fsp3) is 0.270. The Balaban J connectivity index is 1.05. The number of aromatic amines is 1. The van der Waals surface area contributed by atoms with Gasteiger partial charge in [-0.3, -0.25) is 9.69 Å². The summed E-state index contributed by atoms with van der Waals surface area (Å²) >= 11 is 0. The minimum absolute atomic E-state index is 0.152. The van der Waals surface area contributed by atoms with Crippen molar-refractivity contribution in [3.05, 3.63) is 95.2 Å². The largest absolute Gasteiger partial charge is 0.444 e. The monoisotopic (exact) mass is 644 g/mol. The van der Waals surface area contributed by atoms with Gasteiger partial charge >= 0.3 is 12.2 Å². The Morgan fingerprint density at radius 3 is 2.23 bits per heavy atom. The lowest BCUT2D eigenvalue weighted by Crippen LogP contribution is -2.48. The van der Waals surface area contributed by atoms with Gasteiger partial charge in [0.15, 0.2) is 0 Å². The molecule has 3 aliphatic heterocycles. The summed E-state index contributed by atoms with van der Waals surface area (Å²) in [6, 6.07) is 22.6. The number of carbonyl (C=O) groups excluding carboxylic acids is 3. The molecule has 0 bridgehead atoms. The summed E-state index contributed by atoms with van der Waals surface area (Å²) < 4.78 is 11.6. The fourth-order valence-electron chi connectivity index (χ4n) is 7.08. The van der Waals surface area contributed by atoms with E-state index in [2.05, 4.69) is 9.88 Å². The first-order chi connectivity index (χ1) is 23.3. The number of likely N-dealkylation sites (N-methyl/N-ethyl adjacent to an activating group) is 1. The summed E-state index contributed by atoms with van der Waals surface area (Å²) in [5, 5.41) is 2.74. The molecule has 1 fully saturated rings. The van der Waals surface area contributed by atoms with Crippen molar-refractivity contribution < 1.29 is 23.9 Å². The number of nitrogens with zero attached hydrogens (tertiary/aromatic N) is 4. The van der Waals surface area contributed by atoms with Crippen molar-refractivity contribution in [2.75, 3.05) is 61.8 Å². The first kappa shape index (κ1) is 29.8. The van der Waals surface area contributed by atoms with Gasteiger partial charge in [-0.1, -0.05) is 36.4 Å². The first-order valence-electron chi connectivity index (χ1n) is 16.3. The molecule has 3 amide bonds. The molecule has 48 heavy (non-hydrogen) atoms. The van der Waals surface area contributed by atoms with E-state index >= 15 is 0 Å². The summed E-state index contributed by atoms with van der Waals surface area (Å²) in [7, 11) is 2.04. The fourth-order valence-corrected chi connectivity index (χ4v) is 7.08. The summed E-state index contributed by atoms with van der Waals surface area (Å²) in [6.07, 6.45) is 0.547. The van der Waals surface area contributed by atoms with Crippen LogP contribution in [0.1, 0.15) is 27.2 Å². The molecule has 5 aromatic rings. The zero-order chi connectivity index (χ0) is 32.9. The molecule has 3 aliphatic rings. The smallest absolute Gasteiger partial charge is 0.415 e. The number of hydrogen-bond donors (Lipinski definition) is 2. The molecule has 3 N–H and O–H groups in total. The van der Waals surface area contributed by atoms with Gasteiger partial charge in [0.1, 0.15) is 18.1 Å². The Morgan fingerprint density at radius 1 is 0.750 bits per heavy atom. The van der Waals surface area contributed by atoms with Crippen LogP contribution in [0.25, 0.3) is 21.7 Å². The van der Waals surface area contributed by atoms with Gasteiger partial charge in [-0.2, -0.15) is 0 Å². The van der Waals surface area contributed by atoms with E-state index in [4.69, 9.17) is 15.2 Å². The van der Waals surface area contributed by atoms with Crippen LogP contribution in [0.2, 0.25) is 0 Å². The quantitative estimate of drug-likeness (QED) is 0.246. The molecule has 0 spiro atoms. The van der Waals surface area contributed by atoms with Crippen LogP contribution in [0.5, 0.6) is 5.75 Å². The third-order valence-corrected chi connectivity index (χ3v) is 9.73. The molecule has 1 aromatic heterocycles. The second kappa shape index (κ2) is 11.9. The number of amides is 3. The molecule has 11 heteroatoms. The molecule has 244 valence electrons. The van der Waals surface area contributed by atoms with Crippen molar-refractivity contribution in [2.45, 2.75) is 19.4 Å². The third kappa shape index (κ3) is 5.26. The number of rotatable bonds is 4. The molecule has 4 heterocycles. The third-order valence-electron chi connectivity index (χ3n) is 9.73. The van der Waals surface area contributed by atoms with Crippen LogP contribution in [-0.2, 0) is 24.2 Å². The molecule has 0 saturated carbocycles. The number of fused-ring (bicyclic) bond motifs is 6. The molecule has 0 radical (unpaired) electrons. The van der Waals surface area contributed by atoms with Crippen molar-refractivity contribution in [3.8, 4) is 5.75 Å². The van der Waals surface area contributed by atoms with E-state index in [9.17, 15) is 14.4 Å². The zero-order valence-electron chi connectivity index (χ0n) is 26.7. The van der Waals surface area contributed by atoms with E-state index in [1.807, 2.05) is 67.7 Å². The molecule has 0 aliphatic carbocycles. The highest BCUT2D eigenvalue weighted by Gasteiger charge is 2.32. The molecule has 4 aromatic carbocycles. The summed E-state index contributed by atoms with van der Waals surface area (Å²) in [6.45, 7) is 3.95. The number of nitrogens with two attached hydrogens (primary N) is 1. The molecule has 11 nitrogen and oxygen atoms in total. The Hall–Kier alpha value is -5.55. The van der Waals surface area contributed by atoms with Gasteiger partial charge in [0.25, 0.3) is 5.91 Å². The molecule has 0 atom stereocenters. The number of hydrogen-bond acceptors (Lipinski definition) is 7.